The van der Waals surface area contributed by atoms with Gasteiger partial charge in [-0.15, -0.1) is 11.3 Å². The molecule has 4 rings (SSSR count). The summed E-state index contributed by atoms with van der Waals surface area (Å²) in [4.78, 5) is 10.7. The van der Waals surface area contributed by atoms with Crippen molar-refractivity contribution in [2.24, 2.45) is 0 Å². The monoisotopic (exact) mass is 329 g/mol. The average Bonchev–Trinajstić information content (AvgIpc) is 3.09. The van der Waals surface area contributed by atoms with E-state index < -0.39 is 0 Å². The van der Waals surface area contributed by atoms with Crippen molar-refractivity contribution in [1.82, 2.24) is 9.88 Å². The number of piperidine rings is 1. The number of morpholine rings is 1. The number of hydrogen-bond acceptors (Lipinski definition) is 5. The number of ether oxygens (including phenoxy) is 1. The van der Waals surface area contributed by atoms with Crippen LogP contribution < -0.4 is 4.90 Å². The molecule has 4 nitrogen and oxygen atoms in total. The van der Waals surface area contributed by atoms with Gasteiger partial charge in [0, 0.05) is 43.8 Å². The molecule has 0 N–H and O–H groups in total. The second-order valence-electron chi connectivity index (χ2n) is 6.56. The molecule has 122 valence electrons. The van der Waals surface area contributed by atoms with Gasteiger partial charge in [-0.2, -0.15) is 0 Å². The third-order valence-electron chi connectivity index (χ3n) is 4.84. The Bertz CT molecular complexity index is 614. The minimum absolute atomic E-state index is 0.0242. The topological polar surface area (TPSA) is 28.6 Å². The number of aromatic nitrogens is 1. The third-order valence-corrected chi connectivity index (χ3v) is 5.70. The summed E-state index contributed by atoms with van der Waals surface area (Å²) in [5, 5.41) is 2.16. The number of anilines is 1. The molecular weight excluding hydrogens is 306 g/mol. The van der Waals surface area contributed by atoms with Crippen molar-refractivity contribution < 1.29 is 4.74 Å². The first-order valence-corrected chi connectivity index (χ1v) is 9.25. The number of pyridine rings is 1. The van der Waals surface area contributed by atoms with Gasteiger partial charge in [-0.05, 0) is 36.4 Å². The molecule has 0 bridgehead atoms. The minimum atomic E-state index is -0.0242. The molecule has 5 heteroatoms. The van der Waals surface area contributed by atoms with E-state index in [0.717, 1.165) is 45.8 Å². The third kappa shape index (κ3) is 3.42. The minimum Gasteiger partial charge on any atom is -0.370 e. The molecule has 0 aromatic carbocycles. The van der Waals surface area contributed by atoms with Gasteiger partial charge in [0.2, 0.25) is 0 Å². The molecule has 2 aliphatic heterocycles. The first kappa shape index (κ1) is 15.1. The van der Waals surface area contributed by atoms with Gasteiger partial charge in [-0.1, -0.05) is 6.07 Å². The van der Waals surface area contributed by atoms with E-state index >= 15 is 0 Å². The lowest BCUT2D eigenvalue weighted by atomic mass is 9.90. The van der Waals surface area contributed by atoms with Crippen molar-refractivity contribution >= 4 is 17.0 Å². The predicted molar refractivity (Wildman–Crippen MR) is 94.0 cm³/mol. The van der Waals surface area contributed by atoms with Crippen LogP contribution in [0.15, 0.2) is 42.0 Å². The smallest absolute Gasteiger partial charge is 0.0983 e. The van der Waals surface area contributed by atoms with Crippen LogP contribution in [0.25, 0.3) is 0 Å². The summed E-state index contributed by atoms with van der Waals surface area (Å²) in [5.41, 5.74) is 1.19. The van der Waals surface area contributed by atoms with Crippen molar-refractivity contribution in [1.29, 1.82) is 0 Å². The van der Waals surface area contributed by atoms with E-state index in [1.165, 1.54) is 17.0 Å². The predicted octanol–water partition coefficient (Wildman–Crippen LogP) is 3.01. The van der Waals surface area contributed by atoms with Gasteiger partial charge in [0.15, 0.2) is 0 Å². The Morgan fingerprint density at radius 2 is 2.22 bits per heavy atom. The molecule has 2 aromatic heterocycles. The second-order valence-corrected chi connectivity index (χ2v) is 7.59. The molecule has 1 atom stereocenters. The molecule has 1 spiro atoms. The SMILES string of the molecule is c1cncc(N2CCC[C@@]3(CN(Cc4cccs4)CCO3)C2)c1. The normalized spacial score (nSPS) is 25.8. The van der Waals surface area contributed by atoms with E-state index in [-0.39, 0.29) is 5.60 Å². The van der Waals surface area contributed by atoms with E-state index in [4.69, 9.17) is 4.74 Å². The Morgan fingerprint density at radius 3 is 3.04 bits per heavy atom. The molecule has 2 saturated heterocycles. The summed E-state index contributed by atoms with van der Waals surface area (Å²) in [6.45, 7) is 6.03. The zero-order chi connectivity index (χ0) is 15.5. The summed E-state index contributed by atoms with van der Waals surface area (Å²) >= 11 is 1.85. The highest BCUT2D eigenvalue weighted by atomic mass is 32.1. The van der Waals surface area contributed by atoms with Crippen molar-refractivity contribution in [3.8, 4) is 0 Å². The number of thiophene rings is 1. The van der Waals surface area contributed by atoms with Gasteiger partial charge in [0.25, 0.3) is 0 Å². The highest BCUT2D eigenvalue weighted by Crippen LogP contribution is 2.32. The largest absolute Gasteiger partial charge is 0.370 e. The summed E-state index contributed by atoms with van der Waals surface area (Å²) in [6.07, 6.45) is 6.14. The summed E-state index contributed by atoms with van der Waals surface area (Å²) in [6, 6.07) is 8.54. The number of nitrogens with zero attached hydrogens (tertiary/aromatic N) is 3. The molecule has 4 heterocycles. The zero-order valence-electron chi connectivity index (χ0n) is 13.4. The summed E-state index contributed by atoms with van der Waals surface area (Å²) in [7, 11) is 0. The Balaban J connectivity index is 1.46. The highest BCUT2D eigenvalue weighted by molar-refractivity contribution is 7.09. The lowest BCUT2D eigenvalue weighted by Crippen LogP contribution is -2.59. The fourth-order valence-electron chi connectivity index (χ4n) is 3.79. The Morgan fingerprint density at radius 1 is 1.22 bits per heavy atom. The quantitative estimate of drug-likeness (QED) is 0.865. The van der Waals surface area contributed by atoms with Crippen LogP contribution in [0, 0.1) is 0 Å². The Labute approximate surface area is 141 Å². The van der Waals surface area contributed by atoms with Crippen LogP contribution in [-0.4, -0.2) is 48.3 Å². The van der Waals surface area contributed by atoms with Crippen molar-refractivity contribution in [3.05, 3.63) is 46.9 Å². The molecule has 2 fully saturated rings. The summed E-state index contributed by atoms with van der Waals surface area (Å²) in [5.74, 6) is 0. The maximum atomic E-state index is 6.31. The number of hydrogen-bond donors (Lipinski definition) is 0. The molecule has 23 heavy (non-hydrogen) atoms. The highest BCUT2D eigenvalue weighted by Gasteiger charge is 2.40. The van der Waals surface area contributed by atoms with Gasteiger partial charge in [-0.3, -0.25) is 9.88 Å². The van der Waals surface area contributed by atoms with E-state index in [1.807, 2.05) is 29.8 Å². The maximum Gasteiger partial charge on any atom is 0.0983 e. The second kappa shape index (κ2) is 6.59. The van der Waals surface area contributed by atoms with Crippen LogP contribution in [0.3, 0.4) is 0 Å². The molecule has 0 radical (unpaired) electrons. The van der Waals surface area contributed by atoms with Crippen LogP contribution in [0.5, 0.6) is 0 Å². The first-order chi connectivity index (χ1) is 11.3. The van der Waals surface area contributed by atoms with Gasteiger partial charge in [0.1, 0.15) is 0 Å². The van der Waals surface area contributed by atoms with Crippen molar-refractivity contribution in [3.63, 3.8) is 0 Å². The van der Waals surface area contributed by atoms with Gasteiger partial charge in [-0.25, -0.2) is 0 Å². The van der Waals surface area contributed by atoms with E-state index in [0.29, 0.717) is 0 Å². The van der Waals surface area contributed by atoms with Gasteiger partial charge < -0.3 is 9.64 Å². The molecule has 2 aromatic rings. The van der Waals surface area contributed by atoms with Crippen LogP contribution in [-0.2, 0) is 11.3 Å². The first-order valence-electron chi connectivity index (χ1n) is 8.37. The molecule has 0 aliphatic carbocycles. The lowest BCUT2D eigenvalue weighted by Gasteiger charge is -2.48. The van der Waals surface area contributed by atoms with Crippen LogP contribution in [0.2, 0.25) is 0 Å². The van der Waals surface area contributed by atoms with Gasteiger partial charge in [0.05, 0.1) is 24.1 Å². The Kier molecular flexibility index (Phi) is 4.33. The number of rotatable bonds is 3. The average molecular weight is 329 g/mol. The van der Waals surface area contributed by atoms with Gasteiger partial charge >= 0.3 is 0 Å². The van der Waals surface area contributed by atoms with E-state index in [2.05, 4.69) is 38.4 Å². The van der Waals surface area contributed by atoms with E-state index in [1.54, 1.807) is 0 Å². The maximum absolute atomic E-state index is 6.31. The summed E-state index contributed by atoms with van der Waals surface area (Å²) < 4.78 is 6.31. The standard InChI is InChI=1S/C18H23N3OS/c1-4-16(12-19-7-1)21-8-3-6-18(15-21)14-20(9-10-22-18)13-17-5-2-11-23-17/h1-2,4-5,7,11-12H,3,6,8-10,13-15H2/t18-/m1/s1. The van der Waals surface area contributed by atoms with Crippen molar-refractivity contribution in [2.45, 2.75) is 25.0 Å². The van der Waals surface area contributed by atoms with Crippen LogP contribution >= 0.6 is 11.3 Å². The fraction of sp³-hybridized carbons (Fsp3) is 0.500. The van der Waals surface area contributed by atoms with E-state index in [9.17, 15) is 0 Å². The molecule has 0 saturated carbocycles. The fourth-order valence-corrected chi connectivity index (χ4v) is 4.53. The molecule has 0 unspecified atom stereocenters. The van der Waals surface area contributed by atoms with Crippen molar-refractivity contribution in [2.75, 3.05) is 37.7 Å². The molecular formula is C18H23N3OS. The molecule has 0 amide bonds. The van der Waals surface area contributed by atoms with Crippen LogP contribution in [0.4, 0.5) is 5.69 Å². The molecule has 2 aliphatic rings. The zero-order valence-corrected chi connectivity index (χ0v) is 14.2. The van der Waals surface area contributed by atoms with Crippen LogP contribution in [0.1, 0.15) is 17.7 Å². The Hall–Kier alpha value is -1.43. The lowest BCUT2D eigenvalue weighted by molar-refractivity contribution is -0.116.